The van der Waals surface area contributed by atoms with Crippen molar-refractivity contribution in [3.8, 4) is 17.2 Å². The van der Waals surface area contributed by atoms with Crippen LogP contribution in [0.5, 0.6) is 17.2 Å². The molecule has 0 fully saturated rings. The molecule has 0 aliphatic carbocycles. The first-order valence-corrected chi connectivity index (χ1v) is 12.7. The molecule has 0 aliphatic rings. The molecule has 0 saturated carbocycles. The summed E-state index contributed by atoms with van der Waals surface area (Å²) in [4.78, 5) is 12.0. The normalized spacial score (nSPS) is 12.1. The van der Waals surface area contributed by atoms with Crippen molar-refractivity contribution in [3.63, 3.8) is 0 Å². The molecule has 37 heavy (non-hydrogen) atoms. The SMILES string of the molecule is Cc1cc(Cc2cc(C)c(O)c(C)c2)c(O)c(Cc2cc(C(C)(C)CC(C)(C)C)cc(C(=O)O)c2O)c1. The van der Waals surface area contributed by atoms with Gasteiger partial charge in [-0.1, -0.05) is 70.5 Å². The van der Waals surface area contributed by atoms with E-state index >= 15 is 0 Å². The molecule has 0 radical (unpaired) electrons. The molecular weight excluding hydrogens is 464 g/mol. The van der Waals surface area contributed by atoms with Crippen molar-refractivity contribution < 1.29 is 25.2 Å². The molecule has 3 aromatic carbocycles. The summed E-state index contributed by atoms with van der Waals surface area (Å²) in [6, 6.07) is 11.1. The zero-order valence-electron chi connectivity index (χ0n) is 23.3. The van der Waals surface area contributed by atoms with Gasteiger partial charge in [0, 0.05) is 12.8 Å². The first-order valence-electron chi connectivity index (χ1n) is 12.7. The van der Waals surface area contributed by atoms with Crippen molar-refractivity contribution >= 4 is 5.97 Å². The minimum absolute atomic E-state index is 0.0274. The standard InChI is InChI=1S/C32H40O5/c1-18-9-22(13-21-11-19(2)27(33)20(3)12-21)28(34)23(10-18)14-24-15-25(16-26(29(24)35)30(36)37)32(7,8)17-31(4,5)6/h9-12,15-16,33-35H,13-14,17H2,1-8H3,(H,36,37). The Morgan fingerprint density at radius 1 is 0.703 bits per heavy atom. The first-order chi connectivity index (χ1) is 17.0. The fraction of sp³-hybridized carbons (Fsp3) is 0.406. The Kier molecular flexibility index (Phi) is 7.69. The monoisotopic (exact) mass is 504 g/mol. The van der Waals surface area contributed by atoms with E-state index in [9.17, 15) is 25.2 Å². The number of rotatable bonds is 7. The molecule has 198 valence electrons. The van der Waals surface area contributed by atoms with E-state index in [4.69, 9.17) is 0 Å². The van der Waals surface area contributed by atoms with E-state index in [-0.39, 0.29) is 40.1 Å². The Labute approximate surface area is 220 Å². The van der Waals surface area contributed by atoms with Gasteiger partial charge < -0.3 is 20.4 Å². The number of hydrogen-bond donors (Lipinski definition) is 4. The van der Waals surface area contributed by atoms with E-state index in [0.29, 0.717) is 17.5 Å². The number of carboxylic acid groups (broad SMARTS) is 1. The van der Waals surface area contributed by atoms with Crippen LogP contribution in [0.25, 0.3) is 0 Å². The van der Waals surface area contributed by atoms with Crippen LogP contribution in [0.15, 0.2) is 36.4 Å². The van der Waals surface area contributed by atoms with Crippen LogP contribution >= 0.6 is 0 Å². The van der Waals surface area contributed by atoms with Crippen LogP contribution in [0.1, 0.15) is 95.9 Å². The zero-order chi connectivity index (χ0) is 27.9. The molecule has 0 heterocycles. The van der Waals surface area contributed by atoms with Gasteiger partial charge in [-0.15, -0.1) is 0 Å². The van der Waals surface area contributed by atoms with Crippen LogP contribution in [-0.2, 0) is 18.3 Å². The highest BCUT2D eigenvalue weighted by atomic mass is 16.4. The Balaban J connectivity index is 2.07. The lowest BCUT2D eigenvalue weighted by atomic mass is 9.71. The number of carboxylic acids is 1. The number of benzene rings is 3. The first kappa shape index (κ1) is 28.1. The minimum Gasteiger partial charge on any atom is -0.507 e. The lowest BCUT2D eigenvalue weighted by molar-refractivity contribution is 0.0693. The van der Waals surface area contributed by atoms with Crippen molar-refractivity contribution in [1.82, 2.24) is 0 Å². The third-order valence-electron chi connectivity index (χ3n) is 6.91. The van der Waals surface area contributed by atoms with Crippen LogP contribution in [0.2, 0.25) is 0 Å². The van der Waals surface area contributed by atoms with Gasteiger partial charge in [-0.25, -0.2) is 4.79 Å². The number of aromatic carboxylic acids is 1. The molecule has 0 unspecified atom stereocenters. The highest BCUT2D eigenvalue weighted by molar-refractivity contribution is 5.91. The molecule has 0 aromatic heterocycles. The lowest BCUT2D eigenvalue weighted by Gasteiger charge is -2.33. The fourth-order valence-corrected chi connectivity index (χ4v) is 5.59. The highest BCUT2D eigenvalue weighted by Gasteiger charge is 2.30. The molecule has 0 atom stereocenters. The maximum atomic E-state index is 12.0. The van der Waals surface area contributed by atoms with E-state index < -0.39 is 5.97 Å². The largest absolute Gasteiger partial charge is 0.507 e. The Morgan fingerprint density at radius 3 is 1.73 bits per heavy atom. The number of phenolic OH excluding ortho intramolecular Hbond substituents is 2. The molecular formula is C32H40O5. The Hall–Kier alpha value is -3.47. The van der Waals surface area contributed by atoms with Crippen LogP contribution in [0.4, 0.5) is 0 Å². The smallest absolute Gasteiger partial charge is 0.339 e. The van der Waals surface area contributed by atoms with Gasteiger partial charge in [0.05, 0.1) is 0 Å². The maximum absolute atomic E-state index is 12.0. The second-order valence-electron chi connectivity index (χ2n) is 12.3. The third kappa shape index (κ3) is 6.46. The average Bonchev–Trinajstić information content (AvgIpc) is 2.74. The summed E-state index contributed by atoms with van der Waals surface area (Å²) in [5.41, 5.74) is 5.75. The van der Waals surface area contributed by atoms with Gasteiger partial charge in [0.2, 0.25) is 0 Å². The maximum Gasteiger partial charge on any atom is 0.339 e. The van der Waals surface area contributed by atoms with E-state index in [2.05, 4.69) is 34.6 Å². The Morgan fingerprint density at radius 2 is 1.22 bits per heavy atom. The summed E-state index contributed by atoms with van der Waals surface area (Å²) >= 11 is 0. The van der Waals surface area contributed by atoms with Gasteiger partial charge in [-0.3, -0.25) is 0 Å². The summed E-state index contributed by atoms with van der Waals surface area (Å²) in [5, 5.41) is 42.1. The molecule has 5 nitrogen and oxygen atoms in total. The van der Waals surface area contributed by atoms with E-state index in [1.165, 1.54) is 0 Å². The van der Waals surface area contributed by atoms with Crippen LogP contribution in [0.3, 0.4) is 0 Å². The second-order valence-corrected chi connectivity index (χ2v) is 12.3. The van der Waals surface area contributed by atoms with E-state index in [0.717, 1.165) is 39.8 Å². The molecule has 0 amide bonds. The average molecular weight is 505 g/mol. The summed E-state index contributed by atoms with van der Waals surface area (Å²) in [5.74, 6) is -1.05. The number of carbonyl (C=O) groups is 1. The predicted octanol–water partition coefficient (Wildman–Crippen LogP) is 7.32. The number of hydrogen-bond acceptors (Lipinski definition) is 4. The van der Waals surface area contributed by atoms with Crippen molar-refractivity contribution in [2.24, 2.45) is 5.41 Å². The van der Waals surface area contributed by atoms with Gasteiger partial charge in [-0.05, 0) is 83.0 Å². The summed E-state index contributed by atoms with van der Waals surface area (Å²) in [7, 11) is 0. The van der Waals surface area contributed by atoms with Crippen molar-refractivity contribution in [2.75, 3.05) is 0 Å². The molecule has 0 saturated heterocycles. The molecule has 3 rings (SSSR count). The van der Waals surface area contributed by atoms with Gasteiger partial charge in [0.15, 0.2) is 0 Å². The number of aryl methyl sites for hydroxylation is 3. The molecule has 0 aliphatic heterocycles. The third-order valence-corrected chi connectivity index (χ3v) is 6.91. The quantitative estimate of drug-likeness (QED) is 0.270. The van der Waals surface area contributed by atoms with E-state index in [1.54, 1.807) is 6.07 Å². The van der Waals surface area contributed by atoms with Gasteiger partial charge in [0.1, 0.15) is 22.8 Å². The second kappa shape index (κ2) is 10.1. The van der Waals surface area contributed by atoms with Crippen molar-refractivity contribution in [1.29, 1.82) is 0 Å². The van der Waals surface area contributed by atoms with Crippen molar-refractivity contribution in [3.05, 3.63) is 86.5 Å². The molecule has 0 bridgehead atoms. The summed E-state index contributed by atoms with van der Waals surface area (Å²) < 4.78 is 0. The Bertz CT molecular complexity index is 1320. The van der Waals surface area contributed by atoms with Crippen LogP contribution in [0, 0.1) is 26.2 Å². The van der Waals surface area contributed by atoms with E-state index in [1.807, 2.05) is 51.1 Å². The molecule has 0 spiro atoms. The van der Waals surface area contributed by atoms with Gasteiger partial charge in [-0.2, -0.15) is 0 Å². The molecule has 5 heteroatoms. The number of aromatic hydroxyl groups is 3. The number of phenols is 3. The lowest BCUT2D eigenvalue weighted by Crippen LogP contribution is -2.25. The zero-order valence-corrected chi connectivity index (χ0v) is 23.3. The predicted molar refractivity (Wildman–Crippen MR) is 148 cm³/mol. The highest BCUT2D eigenvalue weighted by Crippen LogP contribution is 2.40. The van der Waals surface area contributed by atoms with Crippen molar-refractivity contribution in [2.45, 2.75) is 80.1 Å². The molecule has 3 aromatic rings. The van der Waals surface area contributed by atoms with Crippen LogP contribution < -0.4 is 0 Å². The van der Waals surface area contributed by atoms with Crippen LogP contribution in [-0.4, -0.2) is 26.4 Å². The summed E-state index contributed by atoms with van der Waals surface area (Å²) in [6.45, 7) is 16.3. The summed E-state index contributed by atoms with van der Waals surface area (Å²) in [6.07, 6.45) is 1.50. The van der Waals surface area contributed by atoms with Gasteiger partial charge >= 0.3 is 5.97 Å². The van der Waals surface area contributed by atoms with Gasteiger partial charge in [0.25, 0.3) is 0 Å². The minimum atomic E-state index is -1.18. The topological polar surface area (TPSA) is 98.0 Å². The fourth-order valence-electron chi connectivity index (χ4n) is 5.59. The molecule has 4 N–H and O–H groups in total.